The number of ether oxygens (including phenoxy) is 5. The molecule has 266 valence electrons. The highest BCUT2D eigenvalue weighted by Gasteiger charge is 2.56. The van der Waals surface area contributed by atoms with Crippen LogP contribution in [-0.4, -0.2) is 93.0 Å². The summed E-state index contributed by atoms with van der Waals surface area (Å²) in [7, 11) is 4.51. The highest BCUT2D eigenvalue weighted by Crippen LogP contribution is 2.47. The number of methoxy groups -OCH3 is 3. The van der Waals surface area contributed by atoms with Gasteiger partial charge in [-0.05, 0) is 67.9 Å². The molecule has 0 bridgehead atoms. The van der Waals surface area contributed by atoms with Crippen LogP contribution < -0.4 is 29.2 Å². The van der Waals surface area contributed by atoms with Gasteiger partial charge in [0, 0.05) is 29.8 Å². The maximum atomic E-state index is 14.3. The van der Waals surface area contributed by atoms with E-state index in [0.717, 1.165) is 0 Å². The van der Waals surface area contributed by atoms with Crippen molar-refractivity contribution in [3.05, 3.63) is 77.4 Å². The summed E-state index contributed by atoms with van der Waals surface area (Å²) in [5.41, 5.74) is 2.06. The SMILES string of the molecule is CCOC(=O)CC1[C@@H]2[C@@H](NC(=O)c3ccc(OC)c(OC)c3)c3cc(OCCCO)ccc3N2C(=O)[C@H](C)N1C(=O)Cc1ccc(OC)cc1. The van der Waals surface area contributed by atoms with Crippen LogP contribution >= 0.6 is 0 Å². The molecule has 1 unspecified atom stereocenters. The second kappa shape index (κ2) is 15.9. The van der Waals surface area contributed by atoms with Crippen LogP contribution in [0.5, 0.6) is 23.0 Å². The molecule has 0 aromatic heterocycles. The third-order valence-electron chi connectivity index (χ3n) is 8.98. The number of anilines is 1. The van der Waals surface area contributed by atoms with Gasteiger partial charge in [-0.3, -0.25) is 19.2 Å². The number of hydrogen-bond acceptors (Lipinski definition) is 10. The zero-order chi connectivity index (χ0) is 35.9. The van der Waals surface area contributed by atoms with Gasteiger partial charge in [0.25, 0.3) is 5.91 Å². The van der Waals surface area contributed by atoms with Crippen LogP contribution in [0.3, 0.4) is 0 Å². The number of piperazine rings is 1. The van der Waals surface area contributed by atoms with E-state index in [2.05, 4.69) is 5.32 Å². The number of nitrogens with one attached hydrogen (secondary N) is 1. The number of aliphatic hydroxyl groups excluding tert-OH is 1. The molecule has 3 aromatic rings. The average molecular weight is 690 g/mol. The highest BCUT2D eigenvalue weighted by molar-refractivity contribution is 6.04. The van der Waals surface area contributed by atoms with Gasteiger partial charge < -0.3 is 43.9 Å². The zero-order valence-electron chi connectivity index (χ0n) is 28.8. The molecule has 1 fully saturated rings. The summed E-state index contributed by atoms with van der Waals surface area (Å²) < 4.78 is 27.3. The molecule has 1 saturated heterocycles. The maximum absolute atomic E-state index is 14.3. The topological polar surface area (TPSA) is 153 Å². The second-order valence-corrected chi connectivity index (χ2v) is 11.9. The first-order chi connectivity index (χ1) is 24.1. The van der Waals surface area contributed by atoms with Crippen molar-refractivity contribution in [2.75, 3.05) is 46.0 Å². The fourth-order valence-electron chi connectivity index (χ4n) is 6.66. The minimum absolute atomic E-state index is 0.0356. The monoisotopic (exact) mass is 689 g/mol. The minimum atomic E-state index is -0.940. The van der Waals surface area contributed by atoms with Crippen LogP contribution in [0.25, 0.3) is 0 Å². The smallest absolute Gasteiger partial charge is 0.307 e. The van der Waals surface area contributed by atoms with Crippen molar-refractivity contribution in [3.63, 3.8) is 0 Å². The standard InChI is InChI=1S/C37H43N3O10/c1-6-49-33(43)21-29-35-34(38-36(44)24-10-15-30(47-4)31(19-24)48-5)27-20-26(50-17-7-16-41)13-14-28(27)40(35)37(45)22(2)39(29)32(42)18-23-8-11-25(46-3)12-9-23/h8-15,19-20,22,29,34-35,41H,6-7,16-18,21H2,1-5H3,(H,38,44)/t22-,29?,34-,35+/m0/s1. The number of nitrogens with zero attached hydrogens (tertiary/aromatic N) is 2. The molecule has 3 amide bonds. The molecule has 2 aliphatic heterocycles. The lowest BCUT2D eigenvalue weighted by molar-refractivity contribution is -0.152. The summed E-state index contributed by atoms with van der Waals surface area (Å²) in [5.74, 6) is 0.147. The third-order valence-corrected chi connectivity index (χ3v) is 8.98. The Hall–Kier alpha value is -5.30. The molecule has 2 aliphatic rings. The number of amides is 3. The maximum Gasteiger partial charge on any atom is 0.307 e. The largest absolute Gasteiger partial charge is 0.497 e. The van der Waals surface area contributed by atoms with E-state index in [-0.39, 0.29) is 50.0 Å². The Morgan fingerprint density at radius 1 is 0.900 bits per heavy atom. The first kappa shape index (κ1) is 36.0. The van der Waals surface area contributed by atoms with Gasteiger partial charge in [-0.25, -0.2) is 0 Å². The summed E-state index contributed by atoms with van der Waals surface area (Å²) in [6, 6.07) is 13.4. The number of aliphatic hydroxyl groups is 1. The highest BCUT2D eigenvalue weighted by atomic mass is 16.5. The van der Waals surface area contributed by atoms with E-state index in [1.807, 2.05) is 0 Å². The quantitative estimate of drug-likeness (QED) is 0.190. The molecular formula is C37H43N3O10. The van der Waals surface area contributed by atoms with Crippen LogP contribution in [0.4, 0.5) is 5.69 Å². The van der Waals surface area contributed by atoms with Gasteiger partial charge in [-0.2, -0.15) is 0 Å². The number of esters is 1. The fourth-order valence-corrected chi connectivity index (χ4v) is 6.66. The molecule has 4 atom stereocenters. The van der Waals surface area contributed by atoms with Gasteiger partial charge >= 0.3 is 5.97 Å². The Bertz CT molecular complexity index is 1710. The Balaban J connectivity index is 1.59. The van der Waals surface area contributed by atoms with Gasteiger partial charge in [0.1, 0.15) is 17.5 Å². The van der Waals surface area contributed by atoms with Crippen LogP contribution in [0.2, 0.25) is 0 Å². The van der Waals surface area contributed by atoms with Crippen LogP contribution in [0.1, 0.15) is 54.2 Å². The molecule has 13 heteroatoms. The third kappa shape index (κ3) is 7.32. The number of carbonyl (C=O) groups excluding carboxylic acids is 4. The summed E-state index contributed by atoms with van der Waals surface area (Å²) in [4.78, 5) is 58.8. The van der Waals surface area contributed by atoms with E-state index >= 15 is 0 Å². The first-order valence-corrected chi connectivity index (χ1v) is 16.5. The molecule has 0 spiro atoms. The van der Waals surface area contributed by atoms with Gasteiger partial charge in [-0.1, -0.05) is 12.1 Å². The van der Waals surface area contributed by atoms with Crippen molar-refractivity contribution < 1.29 is 48.0 Å². The Morgan fingerprint density at radius 3 is 2.28 bits per heavy atom. The Morgan fingerprint density at radius 2 is 1.62 bits per heavy atom. The second-order valence-electron chi connectivity index (χ2n) is 11.9. The Kier molecular flexibility index (Phi) is 11.5. The predicted octanol–water partition coefficient (Wildman–Crippen LogP) is 3.46. The lowest BCUT2D eigenvalue weighted by atomic mass is 9.89. The molecule has 5 rings (SSSR count). The molecule has 2 N–H and O–H groups in total. The van der Waals surface area contributed by atoms with Crippen molar-refractivity contribution >= 4 is 29.4 Å². The van der Waals surface area contributed by atoms with Crippen molar-refractivity contribution in [2.24, 2.45) is 0 Å². The predicted molar refractivity (Wildman–Crippen MR) is 183 cm³/mol. The van der Waals surface area contributed by atoms with E-state index in [1.165, 1.54) is 19.1 Å². The number of rotatable bonds is 14. The van der Waals surface area contributed by atoms with Crippen LogP contribution in [0.15, 0.2) is 60.7 Å². The molecule has 3 aromatic carbocycles. The number of fused-ring (bicyclic) bond motifs is 3. The van der Waals surface area contributed by atoms with Crippen molar-refractivity contribution in [2.45, 2.75) is 57.3 Å². The summed E-state index contributed by atoms with van der Waals surface area (Å²) in [6.07, 6.45) is 0.151. The molecule has 2 heterocycles. The molecule has 13 nitrogen and oxygen atoms in total. The lowest BCUT2D eigenvalue weighted by Crippen LogP contribution is -2.69. The van der Waals surface area contributed by atoms with Crippen LogP contribution in [0, 0.1) is 0 Å². The number of benzene rings is 3. The molecule has 0 saturated carbocycles. The van der Waals surface area contributed by atoms with E-state index in [0.29, 0.717) is 46.2 Å². The molecule has 0 aliphatic carbocycles. The van der Waals surface area contributed by atoms with E-state index < -0.39 is 36.0 Å². The van der Waals surface area contributed by atoms with E-state index in [1.54, 1.807) is 86.5 Å². The molecule has 0 radical (unpaired) electrons. The summed E-state index contributed by atoms with van der Waals surface area (Å²) >= 11 is 0. The van der Waals surface area contributed by atoms with Gasteiger partial charge in [0.05, 0.1) is 65.5 Å². The van der Waals surface area contributed by atoms with Crippen molar-refractivity contribution in [1.29, 1.82) is 0 Å². The Labute approximate surface area is 291 Å². The van der Waals surface area contributed by atoms with Gasteiger partial charge in [0.15, 0.2) is 11.5 Å². The molecular weight excluding hydrogens is 646 g/mol. The average Bonchev–Trinajstić information content (AvgIpc) is 3.43. The van der Waals surface area contributed by atoms with Crippen molar-refractivity contribution in [3.8, 4) is 23.0 Å². The number of carbonyl (C=O) groups is 4. The number of hydrogen-bond donors (Lipinski definition) is 2. The van der Waals surface area contributed by atoms with E-state index in [4.69, 9.17) is 23.7 Å². The van der Waals surface area contributed by atoms with E-state index in [9.17, 15) is 24.3 Å². The summed E-state index contributed by atoms with van der Waals surface area (Å²) in [5, 5.41) is 12.4. The van der Waals surface area contributed by atoms with Crippen molar-refractivity contribution in [1.82, 2.24) is 10.2 Å². The normalized spacial score (nSPS) is 19.3. The molecule has 50 heavy (non-hydrogen) atoms. The zero-order valence-corrected chi connectivity index (χ0v) is 28.8. The fraction of sp³-hybridized carbons (Fsp3) is 0.405. The lowest BCUT2D eigenvalue weighted by Gasteiger charge is -2.49. The van der Waals surface area contributed by atoms with Gasteiger partial charge in [0.2, 0.25) is 11.8 Å². The van der Waals surface area contributed by atoms with Gasteiger partial charge in [-0.15, -0.1) is 0 Å². The minimum Gasteiger partial charge on any atom is -0.497 e. The summed E-state index contributed by atoms with van der Waals surface area (Å²) in [6.45, 7) is 3.67. The first-order valence-electron chi connectivity index (χ1n) is 16.5. The van der Waals surface area contributed by atoms with Crippen LogP contribution in [-0.2, 0) is 25.5 Å².